The van der Waals surface area contributed by atoms with Crippen molar-refractivity contribution in [1.82, 2.24) is 5.32 Å². The van der Waals surface area contributed by atoms with Crippen molar-refractivity contribution in [2.24, 2.45) is 0 Å². The summed E-state index contributed by atoms with van der Waals surface area (Å²) in [5, 5.41) is 14.5. The van der Waals surface area contributed by atoms with E-state index in [1.807, 2.05) is 4.90 Å². The molecule has 0 radical (unpaired) electrons. The Balaban J connectivity index is 1.41. The standard InChI is InChI=1S/C21H24FN5O5S/c1-14(28)23-12-16-13-26(21(29)32-16)15-3-4-18(17(22)11-15)24-7-2-8-25(10-9-24)19-5-6-20(33-19)27(30)31/h3-6,11,16H,2,7-10,12-13H2,1H3,(H,23,28)/t16-/m0/s1. The SMILES string of the molecule is CC(=O)NC[C@H]1CN(c2ccc(N3CCCN(c4ccc([N+](=O)[O-])s4)CC3)c(F)c2)C(=O)O1. The number of ether oxygens (including phenoxy) is 1. The minimum Gasteiger partial charge on any atom is -0.442 e. The van der Waals surface area contributed by atoms with Crippen LogP contribution in [0.2, 0.25) is 0 Å². The van der Waals surface area contributed by atoms with Crippen LogP contribution in [0, 0.1) is 15.9 Å². The number of amides is 2. The maximum absolute atomic E-state index is 15.0. The minimum absolute atomic E-state index is 0.104. The first-order chi connectivity index (χ1) is 15.8. The van der Waals surface area contributed by atoms with Crippen molar-refractivity contribution >= 4 is 44.7 Å². The zero-order valence-electron chi connectivity index (χ0n) is 18.0. The van der Waals surface area contributed by atoms with Gasteiger partial charge in [-0.25, -0.2) is 9.18 Å². The van der Waals surface area contributed by atoms with Gasteiger partial charge in [0.2, 0.25) is 5.91 Å². The number of hydrogen-bond acceptors (Lipinski definition) is 8. The van der Waals surface area contributed by atoms with Crippen LogP contribution in [0.1, 0.15) is 13.3 Å². The number of nitrogens with one attached hydrogen (secondary N) is 1. The molecule has 3 heterocycles. The Kier molecular flexibility index (Phi) is 6.63. The molecule has 0 aliphatic carbocycles. The van der Waals surface area contributed by atoms with Gasteiger partial charge in [0.05, 0.1) is 34.4 Å². The molecule has 2 amide bonds. The van der Waals surface area contributed by atoms with Gasteiger partial charge in [-0.2, -0.15) is 0 Å². The lowest BCUT2D eigenvalue weighted by Gasteiger charge is -2.25. The van der Waals surface area contributed by atoms with Crippen LogP contribution in [0.4, 0.5) is 30.6 Å². The Bertz CT molecular complexity index is 1060. The van der Waals surface area contributed by atoms with E-state index in [-0.39, 0.29) is 24.0 Å². The fourth-order valence-electron chi connectivity index (χ4n) is 3.98. The lowest BCUT2D eigenvalue weighted by Crippen LogP contribution is -2.33. The van der Waals surface area contributed by atoms with E-state index >= 15 is 4.39 Å². The van der Waals surface area contributed by atoms with E-state index in [4.69, 9.17) is 4.74 Å². The number of rotatable bonds is 6. The molecular weight excluding hydrogens is 453 g/mol. The normalized spacial score (nSPS) is 18.8. The molecule has 33 heavy (non-hydrogen) atoms. The topological polar surface area (TPSA) is 108 Å². The molecule has 1 aromatic heterocycles. The molecule has 0 spiro atoms. The monoisotopic (exact) mass is 477 g/mol. The molecule has 0 unspecified atom stereocenters. The lowest BCUT2D eigenvalue weighted by molar-refractivity contribution is -0.380. The molecular formula is C21H24FN5O5S. The highest BCUT2D eigenvalue weighted by molar-refractivity contribution is 7.19. The number of benzene rings is 1. The summed E-state index contributed by atoms with van der Waals surface area (Å²) < 4.78 is 20.3. The van der Waals surface area contributed by atoms with Crippen molar-refractivity contribution in [3.8, 4) is 0 Å². The first-order valence-corrected chi connectivity index (χ1v) is 11.4. The van der Waals surface area contributed by atoms with Gasteiger partial charge in [0, 0.05) is 39.2 Å². The number of cyclic esters (lactones) is 1. The highest BCUT2D eigenvalue weighted by atomic mass is 32.1. The Hall–Kier alpha value is -3.41. The maximum Gasteiger partial charge on any atom is 0.414 e. The molecule has 10 nitrogen and oxygen atoms in total. The summed E-state index contributed by atoms with van der Waals surface area (Å²) in [6.07, 6.45) is -0.294. The summed E-state index contributed by atoms with van der Waals surface area (Å²) in [5.74, 6) is -0.654. The average Bonchev–Trinajstić information content (AvgIpc) is 3.33. The quantitative estimate of drug-likeness (QED) is 0.503. The van der Waals surface area contributed by atoms with Crippen LogP contribution in [0.3, 0.4) is 0 Å². The van der Waals surface area contributed by atoms with Crippen LogP contribution >= 0.6 is 11.3 Å². The highest BCUT2D eigenvalue weighted by Gasteiger charge is 2.33. The van der Waals surface area contributed by atoms with E-state index in [0.717, 1.165) is 29.3 Å². The van der Waals surface area contributed by atoms with Gasteiger partial charge in [-0.15, -0.1) is 0 Å². The third-order valence-electron chi connectivity index (χ3n) is 5.60. The van der Waals surface area contributed by atoms with Gasteiger partial charge in [0.15, 0.2) is 0 Å². The molecule has 2 aliphatic heterocycles. The van der Waals surface area contributed by atoms with Crippen LogP contribution < -0.4 is 20.0 Å². The number of hydrogen-bond donors (Lipinski definition) is 1. The average molecular weight is 478 g/mol. The van der Waals surface area contributed by atoms with Crippen LogP contribution in [0.15, 0.2) is 30.3 Å². The van der Waals surface area contributed by atoms with Gasteiger partial charge in [0.25, 0.3) is 0 Å². The predicted octanol–water partition coefficient (Wildman–Crippen LogP) is 2.97. The van der Waals surface area contributed by atoms with E-state index in [2.05, 4.69) is 10.2 Å². The molecule has 2 aliphatic rings. The van der Waals surface area contributed by atoms with E-state index in [9.17, 15) is 19.7 Å². The number of anilines is 3. The van der Waals surface area contributed by atoms with Crippen LogP contribution in [-0.2, 0) is 9.53 Å². The number of carbonyl (C=O) groups is 2. The second kappa shape index (κ2) is 9.61. The number of halogens is 1. The smallest absolute Gasteiger partial charge is 0.414 e. The second-order valence-corrected chi connectivity index (χ2v) is 8.93. The molecule has 1 atom stereocenters. The minimum atomic E-state index is -0.576. The molecule has 2 saturated heterocycles. The Morgan fingerprint density at radius 3 is 2.70 bits per heavy atom. The third-order valence-corrected chi connectivity index (χ3v) is 6.70. The number of carbonyl (C=O) groups excluding carboxylic acids is 2. The van der Waals surface area contributed by atoms with Gasteiger partial charge in [-0.3, -0.25) is 19.8 Å². The maximum atomic E-state index is 15.0. The molecule has 176 valence electrons. The predicted molar refractivity (Wildman–Crippen MR) is 123 cm³/mol. The fraction of sp³-hybridized carbons (Fsp3) is 0.429. The van der Waals surface area contributed by atoms with Gasteiger partial charge >= 0.3 is 11.1 Å². The molecule has 12 heteroatoms. The lowest BCUT2D eigenvalue weighted by atomic mass is 10.2. The molecule has 1 aromatic carbocycles. The largest absolute Gasteiger partial charge is 0.442 e. The molecule has 0 saturated carbocycles. The number of nitrogens with zero attached hydrogens (tertiary/aromatic N) is 4. The van der Waals surface area contributed by atoms with E-state index < -0.39 is 22.9 Å². The van der Waals surface area contributed by atoms with Gasteiger partial charge in [-0.1, -0.05) is 0 Å². The molecule has 4 rings (SSSR count). The van der Waals surface area contributed by atoms with Crippen molar-refractivity contribution in [2.45, 2.75) is 19.4 Å². The summed E-state index contributed by atoms with van der Waals surface area (Å²) in [6.45, 7) is 4.36. The van der Waals surface area contributed by atoms with Crippen LogP contribution in [0.5, 0.6) is 0 Å². The number of thiophene rings is 1. The zero-order chi connectivity index (χ0) is 23.5. The summed E-state index contributed by atoms with van der Waals surface area (Å²) in [7, 11) is 0. The third kappa shape index (κ3) is 5.16. The summed E-state index contributed by atoms with van der Waals surface area (Å²) in [4.78, 5) is 39.2. The molecule has 1 N–H and O–H groups in total. The van der Waals surface area contributed by atoms with Crippen molar-refractivity contribution in [1.29, 1.82) is 0 Å². The summed E-state index contributed by atoms with van der Waals surface area (Å²) in [6, 6.07) is 7.92. The van der Waals surface area contributed by atoms with Crippen LogP contribution in [0.25, 0.3) is 0 Å². The second-order valence-electron chi connectivity index (χ2n) is 7.89. The van der Waals surface area contributed by atoms with Gasteiger partial charge < -0.3 is 19.9 Å². The van der Waals surface area contributed by atoms with Gasteiger partial charge in [-0.05, 0) is 42.0 Å². The number of nitro groups is 1. The van der Waals surface area contributed by atoms with E-state index in [1.165, 1.54) is 24.0 Å². The van der Waals surface area contributed by atoms with E-state index in [0.29, 0.717) is 31.0 Å². The van der Waals surface area contributed by atoms with Crippen LogP contribution in [-0.4, -0.2) is 62.3 Å². The highest BCUT2D eigenvalue weighted by Crippen LogP contribution is 2.33. The van der Waals surface area contributed by atoms with Crippen molar-refractivity contribution in [3.05, 3.63) is 46.3 Å². The first-order valence-electron chi connectivity index (χ1n) is 10.6. The van der Waals surface area contributed by atoms with E-state index in [1.54, 1.807) is 18.2 Å². The summed E-state index contributed by atoms with van der Waals surface area (Å²) in [5.41, 5.74) is 0.842. The Morgan fingerprint density at radius 1 is 1.24 bits per heavy atom. The van der Waals surface area contributed by atoms with Crippen molar-refractivity contribution in [2.75, 3.05) is 54.0 Å². The molecule has 2 fully saturated rings. The molecule has 0 bridgehead atoms. The van der Waals surface area contributed by atoms with Crippen molar-refractivity contribution < 1.29 is 23.6 Å². The van der Waals surface area contributed by atoms with Crippen molar-refractivity contribution in [3.63, 3.8) is 0 Å². The fourth-order valence-corrected chi connectivity index (χ4v) is 4.85. The Morgan fingerprint density at radius 2 is 2.00 bits per heavy atom. The molecule has 2 aromatic rings. The first kappa shape index (κ1) is 22.8. The Labute approximate surface area is 193 Å². The zero-order valence-corrected chi connectivity index (χ0v) is 18.8. The summed E-state index contributed by atoms with van der Waals surface area (Å²) >= 11 is 1.14. The van der Waals surface area contributed by atoms with Gasteiger partial charge in [0.1, 0.15) is 11.9 Å².